The molecule has 8 nitrogen and oxygen atoms in total. The van der Waals surface area contributed by atoms with Gasteiger partial charge in [-0.15, -0.1) is 10.2 Å². The van der Waals surface area contributed by atoms with E-state index in [1.54, 1.807) is 24.3 Å². The van der Waals surface area contributed by atoms with Gasteiger partial charge in [0.05, 0.1) is 10.9 Å². The van der Waals surface area contributed by atoms with Gasteiger partial charge in [0.1, 0.15) is 6.33 Å². The summed E-state index contributed by atoms with van der Waals surface area (Å²) < 4.78 is 6.61. The quantitative estimate of drug-likeness (QED) is 0.580. The monoisotopic (exact) mass is 367 g/mol. The molecule has 1 aromatic carbocycles. The zero-order chi connectivity index (χ0) is 17.9. The van der Waals surface area contributed by atoms with Crippen LogP contribution in [-0.4, -0.2) is 25.8 Å². The molecule has 0 bridgehead atoms. The van der Waals surface area contributed by atoms with E-state index in [2.05, 4.69) is 20.6 Å². The second-order valence-electron chi connectivity index (χ2n) is 5.48. The lowest BCUT2D eigenvalue weighted by molar-refractivity contribution is -0.117. The van der Waals surface area contributed by atoms with Gasteiger partial charge >= 0.3 is 0 Å². The fourth-order valence-electron chi connectivity index (χ4n) is 2.42. The Labute approximate surface area is 151 Å². The number of fused-ring (bicyclic) bond motifs is 1. The average molecular weight is 367 g/mol. The molecule has 0 saturated heterocycles. The molecule has 9 heteroatoms. The van der Waals surface area contributed by atoms with Crippen LogP contribution in [0.15, 0.2) is 56.6 Å². The number of hydrogen-bond donors (Lipinski definition) is 1. The molecule has 0 unspecified atom stereocenters. The maximum Gasteiger partial charge on any atom is 0.280 e. The first-order valence-electron chi connectivity index (χ1n) is 7.82. The van der Waals surface area contributed by atoms with Crippen molar-refractivity contribution < 1.29 is 9.21 Å². The van der Waals surface area contributed by atoms with Crippen LogP contribution in [0, 0.1) is 0 Å². The number of thiophene rings is 1. The van der Waals surface area contributed by atoms with Crippen LogP contribution in [0.25, 0.3) is 22.4 Å². The van der Waals surface area contributed by atoms with Crippen molar-refractivity contribution in [2.24, 2.45) is 0 Å². The highest BCUT2D eigenvalue weighted by molar-refractivity contribution is 7.08. The first-order valence-corrected chi connectivity index (χ1v) is 8.76. The van der Waals surface area contributed by atoms with Crippen LogP contribution in [0.1, 0.15) is 12.3 Å². The molecule has 0 aliphatic heterocycles. The lowest BCUT2D eigenvalue weighted by atomic mass is 10.2. The second-order valence-corrected chi connectivity index (χ2v) is 6.26. The number of benzene rings is 1. The van der Waals surface area contributed by atoms with Crippen LogP contribution in [0.5, 0.6) is 0 Å². The van der Waals surface area contributed by atoms with Gasteiger partial charge in [0, 0.05) is 23.8 Å². The fraction of sp³-hybridized carbons (Fsp3) is 0.118. The minimum Gasteiger partial charge on any atom is -0.421 e. The molecule has 4 aromatic rings. The lowest BCUT2D eigenvalue weighted by Gasteiger charge is -2.07. The zero-order valence-corrected chi connectivity index (χ0v) is 14.3. The summed E-state index contributed by atoms with van der Waals surface area (Å²) in [5.74, 6) is 0.446. The molecule has 1 amide bonds. The Morgan fingerprint density at radius 2 is 2.12 bits per heavy atom. The molecule has 4 rings (SSSR count). The van der Waals surface area contributed by atoms with Crippen molar-refractivity contribution in [1.82, 2.24) is 19.9 Å². The molecular weight excluding hydrogens is 354 g/mol. The number of carbonyl (C=O) groups excluding carboxylic acids is 1. The first kappa shape index (κ1) is 16.2. The Bertz CT molecular complexity index is 1120. The summed E-state index contributed by atoms with van der Waals surface area (Å²) in [5.41, 5.74) is 3.62. The van der Waals surface area contributed by atoms with E-state index in [-0.39, 0.29) is 24.3 Å². The lowest BCUT2D eigenvalue weighted by Crippen LogP contribution is -2.33. The zero-order valence-electron chi connectivity index (χ0n) is 13.5. The van der Waals surface area contributed by atoms with Gasteiger partial charge < -0.3 is 4.42 Å². The van der Waals surface area contributed by atoms with Crippen LogP contribution < -0.4 is 11.0 Å². The Kier molecular flexibility index (Phi) is 4.28. The molecule has 3 heterocycles. The highest BCUT2D eigenvalue weighted by Crippen LogP contribution is 2.20. The molecule has 3 aromatic heterocycles. The largest absolute Gasteiger partial charge is 0.421 e. The SMILES string of the molecule is O=C(CCc1nnc(-c2ccsc2)o1)Nn1cnc2ccccc2c1=O. The third-order valence-electron chi connectivity index (χ3n) is 3.71. The van der Waals surface area contributed by atoms with E-state index < -0.39 is 0 Å². The summed E-state index contributed by atoms with van der Waals surface area (Å²) in [5, 5.41) is 12.2. The molecule has 0 aliphatic rings. The molecule has 0 atom stereocenters. The smallest absolute Gasteiger partial charge is 0.280 e. The standard InChI is InChI=1S/C17H13N5O3S/c23-14(5-6-15-19-20-16(25-15)11-7-8-26-9-11)21-22-10-18-13-4-2-1-3-12(13)17(22)24/h1-4,7-10H,5-6H2,(H,21,23). The number of aromatic nitrogens is 4. The highest BCUT2D eigenvalue weighted by Gasteiger charge is 2.12. The van der Waals surface area contributed by atoms with Crippen molar-refractivity contribution in [3.8, 4) is 11.5 Å². The summed E-state index contributed by atoms with van der Waals surface area (Å²) in [6.45, 7) is 0. The molecule has 0 aliphatic carbocycles. The predicted octanol–water partition coefficient (Wildman–Crippen LogP) is 2.21. The van der Waals surface area contributed by atoms with Gasteiger partial charge in [-0.3, -0.25) is 15.0 Å². The van der Waals surface area contributed by atoms with E-state index in [1.165, 1.54) is 17.7 Å². The van der Waals surface area contributed by atoms with Crippen LogP contribution in [0.4, 0.5) is 0 Å². The van der Waals surface area contributed by atoms with E-state index >= 15 is 0 Å². The molecule has 0 radical (unpaired) electrons. The number of nitrogens with one attached hydrogen (secondary N) is 1. The third-order valence-corrected chi connectivity index (χ3v) is 4.39. The summed E-state index contributed by atoms with van der Waals surface area (Å²) >= 11 is 1.54. The summed E-state index contributed by atoms with van der Waals surface area (Å²) in [6, 6.07) is 8.83. The van der Waals surface area contributed by atoms with Crippen molar-refractivity contribution in [3.05, 3.63) is 63.7 Å². The van der Waals surface area contributed by atoms with Crippen LogP contribution >= 0.6 is 11.3 Å². The Hall–Kier alpha value is -3.33. The summed E-state index contributed by atoms with van der Waals surface area (Å²) in [6.07, 6.45) is 1.67. The molecule has 0 fully saturated rings. The highest BCUT2D eigenvalue weighted by atomic mass is 32.1. The fourth-order valence-corrected chi connectivity index (χ4v) is 3.05. The normalized spacial score (nSPS) is 10.9. The van der Waals surface area contributed by atoms with Crippen LogP contribution in [0.2, 0.25) is 0 Å². The minimum absolute atomic E-state index is 0.102. The number of para-hydroxylation sites is 1. The van der Waals surface area contributed by atoms with E-state index in [4.69, 9.17) is 4.42 Å². The molecule has 0 spiro atoms. The van der Waals surface area contributed by atoms with Crippen molar-refractivity contribution in [2.75, 3.05) is 5.43 Å². The Morgan fingerprint density at radius 1 is 1.23 bits per heavy atom. The maximum atomic E-state index is 12.3. The molecule has 0 saturated carbocycles. The van der Waals surface area contributed by atoms with Crippen LogP contribution in [0.3, 0.4) is 0 Å². The van der Waals surface area contributed by atoms with Crippen molar-refractivity contribution in [1.29, 1.82) is 0 Å². The molecule has 26 heavy (non-hydrogen) atoms. The maximum absolute atomic E-state index is 12.3. The summed E-state index contributed by atoms with van der Waals surface area (Å²) in [7, 11) is 0. The summed E-state index contributed by atoms with van der Waals surface area (Å²) in [4.78, 5) is 28.6. The average Bonchev–Trinajstić information content (AvgIpc) is 3.34. The van der Waals surface area contributed by atoms with Gasteiger partial charge in [0.15, 0.2) is 0 Å². The van der Waals surface area contributed by atoms with E-state index in [0.29, 0.717) is 22.7 Å². The van der Waals surface area contributed by atoms with Gasteiger partial charge in [-0.2, -0.15) is 11.3 Å². The van der Waals surface area contributed by atoms with Gasteiger partial charge in [0.2, 0.25) is 17.7 Å². The second kappa shape index (κ2) is 6.89. The number of carbonyl (C=O) groups is 1. The number of amides is 1. The number of aryl methyl sites for hydroxylation is 1. The number of hydrogen-bond acceptors (Lipinski definition) is 7. The van der Waals surface area contributed by atoms with Gasteiger partial charge in [-0.25, -0.2) is 9.66 Å². The van der Waals surface area contributed by atoms with E-state index in [0.717, 1.165) is 10.2 Å². The van der Waals surface area contributed by atoms with Gasteiger partial charge in [-0.05, 0) is 23.6 Å². The van der Waals surface area contributed by atoms with E-state index in [9.17, 15) is 9.59 Å². The van der Waals surface area contributed by atoms with Gasteiger partial charge in [0.25, 0.3) is 5.56 Å². The Balaban J connectivity index is 1.42. The Morgan fingerprint density at radius 3 is 2.96 bits per heavy atom. The minimum atomic E-state index is -0.348. The molecule has 1 N–H and O–H groups in total. The van der Waals surface area contributed by atoms with Gasteiger partial charge in [-0.1, -0.05) is 12.1 Å². The number of nitrogens with zero attached hydrogens (tertiary/aromatic N) is 4. The number of rotatable bonds is 5. The predicted molar refractivity (Wildman–Crippen MR) is 96.3 cm³/mol. The van der Waals surface area contributed by atoms with E-state index in [1.807, 2.05) is 16.8 Å². The first-order chi connectivity index (χ1) is 12.7. The topological polar surface area (TPSA) is 103 Å². The van der Waals surface area contributed by atoms with Crippen molar-refractivity contribution in [2.45, 2.75) is 12.8 Å². The van der Waals surface area contributed by atoms with Crippen molar-refractivity contribution >= 4 is 28.1 Å². The molecule has 130 valence electrons. The van der Waals surface area contributed by atoms with Crippen LogP contribution in [-0.2, 0) is 11.2 Å². The van der Waals surface area contributed by atoms with Crippen molar-refractivity contribution in [3.63, 3.8) is 0 Å². The molecular formula is C17H13N5O3S. The third kappa shape index (κ3) is 3.24.